The predicted molar refractivity (Wildman–Crippen MR) is 95.1 cm³/mol. The molecule has 0 spiro atoms. The number of carboxylic acids is 1. The highest BCUT2D eigenvalue weighted by atomic mass is 19.4. The zero-order valence-corrected chi connectivity index (χ0v) is 15.3. The van der Waals surface area contributed by atoms with E-state index < -0.39 is 23.5 Å². The van der Waals surface area contributed by atoms with Crippen molar-refractivity contribution >= 4 is 11.8 Å². The molecular formula is C20H19F3O5. The van der Waals surface area contributed by atoms with E-state index in [1.807, 2.05) is 0 Å². The molecule has 0 aliphatic heterocycles. The van der Waals surface area contributed by atoms with Crippen LogP contribution in [-0.2, 0) is 17.4 Å². The molecule has 0 aliphatic carbocycles. The van der Waals surface area contributed by atoms with Crippen LogP contribution < -0.4 is 9.47 Å². The van der Waals surface area contributed by atoms with Crippen molar-refractivity contribution in [3.8, 4) is 17.2 Å². The van der Waals surface area contributed by atoms with Crippen molar-refractivity contribution in [2.45, 2.75) is 32.9 Å². The Labute approximate surface area is 159 Å². The minimum absolute atomic E-state index is 0.0127. The number of benzene rings is 2. The Hall–Kier alpha value is -3.03. The van der Waals surface area contributed by atoms with Gasteiger partial charge in [0.05, 0.1) is 17.7 Å². The number of carbonyl (C=O) groups excluding carboxylic acids is 1. The Morgan fingerprint density at radius 1 is 1.07 bits per heavy atom. The first-order valence-corrected chi connectivity index (χ1v) is 8.49. The van der Waals surface area contributed by atoms with Crippen molar-refractivity contribution in [3.05, 3.63) is 53.1 Å². The topological polar surface area (TPSA) is 72.8 Å². The van der Waals surface area contributed by atoms with Crippen molar-refractivity contribution in [3.63, 3.8) is 0 Å². The van der Waals surface area contributed by atoms with E-state index in [0.29, 0.717) is 17.9 Å². The lowest BCUT2D eigenvalue weighted by atomic mass is 10.1. The van der Waals surface area contributed by atoms with Gasteiger partial charge in [-0.3, -0.25) is 9.59 Å². The molecule has 0 unspecified atom stereocenters. The predicted octanol–water partition coefficient (Wildman–Crippen LogP) is 5.12. The van der Waals surface area contributed by atoms with Gasteiger partial charge in [0.25, 0.3) is 0 Å². The number of ketones is 1. The Morgan fingerprint density at radius 2 is 1.79 bits per heavy atom. The third-order valence-corrected chi connectivity index (χ3v) is 3.86. The molecule has 0 saturated heterocycles. The lowest BCUT2D eigenvalue weighted by Gasteiger charge is -2.15. The van der Waals surface area contributed by atoms with Gasteiger partial charge < -0.3 is 14.6 Å². The number of carboxylic acid groups (broad SMARTS) is 1. The van der Waals surface area contributed by atoms with Gasteiger partial charge >= 0.3 is 12.1 Å². The Morgan fingerprint density at radius 3 is 2.36 bits per heavy atom. The second-order valence-corrected chi connectivity index (χ2v) is 5.96. The summed E-state index contributed by atoms with van der Waals surface area (Å²) in [4.78, 5) is 22.6. The maximum atomic E-state index is 12.9. The van der Waals surface area contributed by atoms with Crippen LogP contribution in [-0.4, -0.2) is 23.5 Å². The van der Waals surface area contributed by atoms with Crippen LogP contribution >= 0.6 is 0 Å². The first-order chi connectivity index (χ1) is 13.1. The van der Waals surface area contributed by atoms with E-state index >= 15 is 0 Å². The van der Waals surface area contributed by atoms with Gasteiger partial charge in [-0.2, -0.15) is 13.2 Å². The summed E-state index contributed by atoms with van der Waals surface area (Å²) in [5.41, 5.74) is -0.470. The van der Waals surface area contributed by atoms with Crippen LogP contribution in [0, 0.1) is 0 Å². The first-order valence-electron chi connectivity index (χ1n) is 8.49. The maximum Gasteiger partial charge on any atom is 0.416 e. The lowest BCUT2D eigenvalue weighted by Crippen LogP contribution is -2.07. The molecule has 8 heteroatoms. The van der Waals surface area contributed by atoms with Gasteiger partial charge in [-0.05, 0) is 50.1 Å². The lowest BCUT2D eigenvalue weighted by molar-refractivity contribution is -0.138. The van der Waals surface area contributed by atoms with Crippen molar-refractivity contribution in [1.29, 1.82) is 0 Å². The van der Waals surface area contributed by atoms with Gasteiger partial charge in [-0.15, -0.1) is 0 Å². The van der Waals surface area contributed by atoms with Crippen LogP contribution in [0.5, 0.6) is 17.2 Å². The monoisotopic (exact) mass is 396 g/mol. The third-order valence-electron chi connectivity index (χ3n) is 3.86. The van der Waals surface area contributed by atoms with Crippen LogP contribution in [0.25, 0.3) is 0 Å². The van der Waals surface area contributed by atoms with Crippen molar-refractivity contribution < 1.29 is 37.3 Å². The summed E-state index contributed by atoms with van der Waals surface area (Å²) in [6.07, 6.45) is -4.39. The smallest absolute Gasteiger partial charge is 0.416 e. The molecule has 1 N–H and O–H groups in total. The van der Waals surface area contributed by atoms with Crippen LogP contribution in [0.1, 0.15) is 41.8 Å². The highest BCUT2D eigenvalue weighted by molar-refractivity contribution is 5.97. The number of alkyl halides is 3. The fourth-order valence-corrected chi connectivity index (χ4v) is 2.53. The maximum absolute atomic E-state index is 12.9. The molecule has 0 amide bonds. The van der Waals surface area contributed by atoms with Crippen molar-refractivity contribution in [1.82, 2.24) is 0 Å². The average Bonchev–Trinajstić information content (AvgIpc) is 2.60. The number of aliphatic carboxylic acids is 1. The molecule has 0 aliphatic rings. The van der Waals surface area contributed by atoms with Gasteiger partial charge in [0.2, 0.25) is 0 Å². The molecule has 2 aromatic rings. The zero-order valence-electron chi connectivity index (χ0n) is 15.3. The number of hydrogen-bond acceptors (Lipinski definition) is 4. The van der Waals surface area contributed by atoms with E-state index in [-0.39, 0.29) is 29.9 Å². The molecule has 2 aromatic carbocycles. The number of hydrogen-bond donors (Lipinski definition) is 1. The molecule has 0 atom stereocenters. The Kier molecular flexibility index (Phi) is 6.66. The molecule has 0 aromatic heterocycles. The first kappa shape index (κ1) is 21.3. The van der Waals surface area contributed by atoms with Crippen LogP contribution in [0.4, 0.5) is 13.2 Å². The summed E-state index contributed by atoms with van der Waals surface area (Å²) in [5.74, 6) is -0.855. The number of Topliss-reactive ketones (excluding diaryl/α,β-unsaturated/α-hetero) is 1. The zero-order chi connectivity index (χ0) is 20.9. The fourth-order valence-electron chi connectivity index (χ4n) is 2.53. The molecule has 5 nitrogen and oxygen atoms in total. The van der Waals surface area contributed by atoms with E-state index in [0.717, 1.165) is 25.1 Å². The molecule has 0 fully saturated rings. The van der Waals surface area contributed by atoms with Crippen molar-refractivity contribution in [2.75, 3.05) is 6.61 Å². The summed E-state index contributed by atoms with van der Waals surface area (Å²) >= 11 is 0. The Balaban J connectivity index is 2.35. The van der Waals surface area contributed by atoms with E-state index in [1.165, 1.54) is 6.07 Å². The van der Waals surface area contributed by atoms with E-state index in [2.05, 4.69) is 0 Å². The van der Waals surface area contributed by atoms with E-state index in [9.17, 15) is 22.8 Å². The van der Waals surface area contributed by atoms with Gasteiger partial charge in [-0.25, -0.2) is 0 Å². The second-order valence-electron chi connectivity index (χ2n) is 5.96. The molecule has 0 saturated carbocycles. The number of rotatable bonds is 8. The van der Waals surface area contributed by atoms with Gasteiger partial charge in [-0.1, -0.05) is 6.07 Å². The molecule has 2 rings (SSSR count). The summed E-state index contributed by atoms with van der Waals surface area (Å²) in [6, 6.07) is 7.37. The molecule has 28 heavy (non-hydrogen) atoms. The normalized spacial score (nSPS) is 11.2. The highest BCUT2D eigenvalue weighted by Gasteiger charge is 2.31. The van der Waals surface area contributed by atoms with Gasteiger partial charge in [0.1, 0.15) is 17.2 Å². The summed E-state index contributed by atoms with van der Waals surface area (Å²) in [5, 5.41) is 8.83. The standard InChI is InChI=1S/C20H19F3O5/c1-3-27-18-11-15(7-4-13(18)5-9-19(25)26)28-17-8-6-14(20(21,22)23)10-16(17)12(2)24/h4,6-8,10-11H,3,5,9H2,1-2H3,(H,25,26). The van der Waals surface area contributed by atoms with Crippen molar-refractivity contribution in [2.24, 2.45) is 0 Å². The molecule has 0 bridgehead atoms. The second kappa shape index (κ2) is 8.77. The quantitative estimate of drug-likeness (QED) is 0.628. The molecule has 0 heterocycles. The minimum atomic E-state index is -4.57. The number of aryl methyl sites for hydroxylation is 1. The number of ether oxygens (including phenoxy) is 2. The van der Waals surface area contributed by atoms with E-state index in [4.69, 9.17) is 14.6 Å². The number of halogens is 3. The molecule has 0 radical (unpaired) electrons. The average molecular weight is 396 g/mol. The third kappa shape index (κ3) is 5.48. The van der Waals surface area contributed by atoms with Gasteiger partial charge in [0.15, 0.2) is 5.78 Å². The fraction of sp³-hybridized carbons (Fsp3) is 0.300. The molecule has 150 valence electrons. The Bertz CT molecular complexity index is 875. The highest BCUT2D eigenvalue weighted by Crippen LogP contribution is 2.35. The van der Waals surface area contributed by atoms with Crippen LogP contribution in [0.15, 0.2) is 36.4 Å². The molecular weight excluding hydrogens is 377 g/mol. The van der Waals surface area contributed by atoms with Crippen LogP contribution in [0.2, 0.25) is 0 Å². The summed E-state index contributed by atoms with van der Waals surface area (Å²) in [7, 11) is 0. The van der Waals surface area contributed by atoms with E-state index in [1.54, 1.807) is 19.1 Å². The van der Waals surface area contributed by atoms with Gasteiger partial charge in [0, 0.05) is 12.5 Å². The summed E-state index contributed by atoms with van der Waals surface area (Å²) < 4.78 is 49.8. The minimum Gasteiger partial charge on any atom is -0.493 e. The largest absolute Gasteiger partial charge is 0.493 e. The SMILES string of the molecule is CCOc1cc(Oc2ccc(C(F)(F)F)cc2C(C)=O)ccc1CCC(=O)O. The summed E-state index contributed by atoms with van der Waals surface area (Å²) in [6.45, 7) is 3.25. The van der Waals surface area contributed by atoms with Crippen LogP contribution in [0.3, 0.4) is 0 Å². The number of carbonyl (C=O) groups is 2.